The zero-order valence-electron chi connectivity index (χ0n) is 18.5. The lowest BCUT2D eigenvalue weighted by Gasteiger charge is -2.33. The van der Waals surface area contributed by atoms with Crippen molar-refractivity contribution >= 4 is 12.1 Å². The summed E-state index contributed by atoms with van der Waals surface area (Å²) in [4.78, 5) is 18.3. The molecule has 7 nitrogen and oxygen atoms in total. The summed E-state index contributed by atoms with van der Waals surface area (Å²) in [7, 11) is 3.46. The van der Waals surface area contributed by atoms with Crippen molar-refractivity contribution in [1.82, 2.24) is 15.5 Å². The van der Waals surface area contributed by atoms with Gasteiger partial charge in [0.05, 0.1) is 7.11 Å². The maximum atomic E-state index is 12.2. The third kappa shape index (κ3) is 8.21. The Morgan fingerprint density at radius 1 is 1.17 bits per heavy atom. The highest BCUT2D eigenvalue weighted by Gasteiger charge is 2.26. The molecule has 1 aromatic carbocycles. The zero-order valence-corrected chi connectivity index (χ0v) is 18.5. The Balaban J connectivity index is 1.66. The van der Waals surface area contributed by atoms with E-state index >= 15 is 0 Å². The molecule has 29 heavy (non-hydrogen) atoms. The number of hydrogen-bond donors (Lipinski definition) is 2. The van der Waals surface area contributed by atoms with E-state index in [0.717, 1.165) is 57.2 Å². The molecular weight excluding hydrogens is 368 g/mol. The van der Waals surface area contributed by atoms with E-state index in [4.69, 9.17) is 9.47 Å². The molecule has 0 bridgehead atoms. The molecule has 0 aliphatic carbocycles. The number of benzene rings is 1. The number of ether oxygens (including phenoxy) is 2. The Morgan fingerprint density at radius 3 is 2.38 bits per heavy atom. The number of carbonyl (C=O) groups is 1. The molecule has 2 rings (SSSR count). The molecule has 1 amide bonds. The molecular formula is C22H36N4O3. The van der Waals surface area contributed by atoms with Gasteiger partial charge in [-0.2, -0.15) is 0 Å². The molecule has 1 aliphatic heterocycles. The average molecular weight is 405 g/mol. The van der Waals surface area contributed by atoms with Crippen molar-refractivity contribution < 1.29 is 14.3 Å². The Kier molecular flexibility index (Phi) is 8.61. The van der Waals surface area contributed by atoms with E-state index in [1.807, 2.05) is 37.8 Å². The van der Waals surface area contributed by atoms with Crippen LogP contribution in [0, 0.1) is 5.92 Å². The van der Waals surface area contributed by atoms with Crippen LogP contribution in [0.5, 0.6) is 5.75 Å². The third-order valence-electron chi connectivity index (χ3n) is 4.91. The van der Waals surface area contributed by atoms with Gasteiger partial charge in [0.25, 0.3) is 0 Å². The van der Waals surface area contributed by atoms with E-state index in [0.29, 0.717) is 5.92 Å². The standard InChI is InChI=1S/C22H36N4O3/c1-22(2,3)29-21(27)26-14-11-18(12-15-26)16-25-20(23-4)24-13-10-17-6-8-19(28-5)9-7-17/h6-9,18H,10-16H2,1-5H3,(H2,23,24,25). The summed E-state index contributed by atoms with van der Waals surface area (Å²) in [5.41, 5.74) is 0.808. The summed E-state index contributed by atoms with van der Waals surface area (Å²) in [5.74, 6) is 2.21. The van der Waals surface area contributed by atoms with Crippen molar-refractivity contribution in [3.05, 3.63) is 29.8 Å². The van der Waals surface area contributed by atoms with Crippen LogP contribution < -0.4 is 15.4 Å². The lowest BCUT2D eigenvalue weighted by atomic mass is 9.97. The summed E-state index contributed by atoms with van der Waals surface area (Å²) in [6, 6.07) is 8.11. The minimum absolute atomic E-state index is 0.208. The van der Waals surface area contributed by atoms with E-state index in [-0.39, 0.29) is 6.09 Å². The smallest absolute Gasteiger partial charge is 0.410 e. The lowest BCUT2D eigenvalue weighted by Crippen LogP contribution is -2.45. The maximum Gasteiger partial charge on any atom is 0.410 e. The molecule has 1 heterocycles. The summed E-state index contributed by atoms with van der Waals surface area (Å²) in [6.45, 7) is 8.83. The molecule has 0 radical (unpaired) electrons. The summed E-state index contributed by atoms with van der Waals surface area (Å²) >= 11 is 0. The van der Waals surface area contributed by atoms with Gasteiger partial charge in [-0.25, -0.2) is 4.79 Å². The largest absolute Gasteiger partial charge is 0.497 e. The van der Waals surface area contributed by atoms with Gasteiger partial charge in [-0.05, 0) is 63.6 Å². The van der Waals surface area contributed by atoms with Crippen LogP contribution in [-0.2, 0) is 11.2 Å². The number of rotatable bonds is 6. The number of carbonyl (C=O) groups excluding carboxylic acids is 1. The molecule has 0 saturated carbocycles. The van der Waals surface area contributed by atoms with Gasteiger partial charge < -0.3 is 25.0 Å². The fourth-order valence-electron chi connectivity index (χ4n) is 3.23. The Hall–Kier alpha value is -2.44. The fraction of sp³-hybridized carbons (Fsp3) is 0.636. The van der Waals surface area contributed by atoms with Crippen LogP contribution in [-0.4, -0.2) is 62.9 Å². The van der Waals surface area contributed by atoms with Crippen molar-refractivity contribution in [2.45, 2.75) is 45.6 Å². The van der Waals surface area contributed by atoms with Crippen LogP contribution in [0.15, 0.2) is 29.3 Å². The van der Waals surface area contributed by atoms with Gasteiger partial charge in [0.2, 0.25) is 0 Å². The lowest BCUT2D eigenvalue weighted by molar-refractivity contribution is 0.0185. The molecule has 0 aromatic heterocycles. The van der Waals surface area contributed by atoms with Crippen LogP contribution in [0.4, 0.5) is 4.79 Å². The molecule has 2 N–H and O–H groups in total. The summed E-state index contributed by atoms with van der Waals surface area (Å²) in [5, 5.41) is 6.77. The van der Waals surface area contributed by atoms with Crippen LogP contribution in [0.1, 0.15) is 39.2 Å². The van der Waals surface area contributed by atoms with Gasteiger partial charge >= 0.3 is 6.09 Å². The average Bonchev–Trinajstić information content (AvgIpc) is 2.70. The fourth-order valence-corrected chi connectivity index (χ4v) is 3.23. The highest BCUT2D eigenvalue weighted by molar-refractivity contribution is 5.79. The van der Waals surface area contributed by atoms with Crippen molar-refractivity contribution in [2.24, 2.45) is 10.9 Å². The van der Waals surface area contributed by atoms with Crippen molar-refractivity contribution in [2.75, 3.05) is 40.3 Å². The molecule has 0 atom stereocenters. The van der Waals surface area contributed by atoms with Gasteiger partial charge in [0.1, 0.15) is 11.4 Å². The second kappa shape index (κ2) is 10.9. The van der Waals surface area contributed by atoms with E-state index in [1.54, 1.807) is 14.2 Å². The molecule has 7 heteroatoms. The first-order valence-electron chi connectivity index (χ1n) is 10.4. The Bertz CT molecular complexity index is 660. The minimum Gasteiger partial charge on any atom is -0.497 e. The van der Waals surface area contributed by atoms with Crippen molar-refractivity contribution in [3.8, 4) is 5.75 Å². The molecule has 1 aromatic rings. The predicted molar refractivity (Wildman–Crippen MR) is 117 cm³/mol. The number of methoxy groups -OCH3 is 1. The molecule has 1 saturated heterocycles. The number of nitrogens with one attached hydrogen (secondary N) is 2. The molecule has 162 valence electrons. The monoisotopic (exact) mass is 404 g/mol. The number of piperidine rings is 1. The van der Waals surface area contributed by atoms with Crippen LogP contribution >= 0.6 is 0 Å². The number of guanidine groups is 1. The van der Waals surface area contributed by atoms with Crippen molar-refractivity contribution in [1.29, 1.82) is 0 Å². The molecule has 1 fully saturated rings. The third-order valence-corrected chi connectivity index (χ3v) is 4.91. The number of nitrogens with zero attached hydrogens (tertiary/aromatic N) is 2. The van der Waals surface area contributed by atoms with Gasteiger partial charge in [-0.3, -0.25) is 4.99 Å². The minimum atomic E-state index is -0.445. The normalized spacial score (nSPS) is 15.8. The number of likely N-dealkylation sites (tertiary alicyclic amines) is 1. The van der Waals surface area contributed by atoms with Crippen LogP contribution in [0.3, 0.4) is 0 Å². The predicted octanol–water partition coefficient (Wildman–Crippen LogP) is 3.05. The van der Waals surface area contributed by atoms with Crippen molar-refractivity contribution in [3.63, 3.8) is 0 Å². The number of amides is 1. The summed E-state index contributed by atoms with van der Waals surface area (Å²) < 4.78 is 10.6. The number of aliphatic imine (C=N–C) groups is 1. The molecule has 1 aliphatic rings. The SMILES string of the molecule is CN=C(NCCc1ccc(OC)cc1)NCC1CCN(C(=O)OC(C)(C)C)CC1. The number of hydrogen-bond acceptors (Lipinski definition) is 4. The first-order chi connectivity index (χ1) is 13.8. The maximum absolute atomic E-state index is 12.2. The quantitative estimate of drug-likeness (QED) is 0.563. The van der Waals surface area contributed by atoms with Crippen LogP contribution in [0.25, 0.3) is 0 Å². The second-order valence-electron chi connectivity index (χ2n) is 8.39. The van der Waals surface area contributed by atoms with E-state index in [2.05, 4.69) is 27.8 Å². The molecule has 0 unspecified atom stereocenters. The van der Waals surface area contributed by atoms with Crippen LogP contribution in [0.2, 0.25) is 0 Å². The highest BCUT2D eigenvalue weighted by Crippen LogP contribution is 2.19. The second-order valence-corrected chi connectivity index (χ2v) is 8.39. The van der Waals surface area contributed by atoms with E-state index < -0.39 is 5.60 Å². The first kappa shape index (κ1) is 22.8. The first-order valence-corrected chi connectivity index (χ1v) is 10.4. The Labute approximate surface area is 174 Å². The van der Waals surface area contributed by atoms with E-state index in [9.17, 15) is 4.79 Å². The highest BCUT2D eigenvalue weighted by atomic mass is 16.6. The Morgan fingerprint density at radius 2 is 1.83 bits per heavy atom. The summed E-state index contributed by atoms with van der Waals surface area (Å²) in [6.07, 6.45) is 2.64. The van der Waals surface area contributed by atoms with Gasteiger partial charge in [0, 0.05) is 33.2 Å². The van der Waals surface area contributed by atoms with E-state index in [1.165, 1.54) is 5.56 Å². The van der Waals surface area contributed by atoms with Gasteiger partial charge in [-0.1, -0.05) is 12.1 Å². The zero-order chi connectivity index (χ0) is 21.3. The van der Waals surface area contributed by atoms with Gasteiger partial charge in [0.15, 0.2) is 5.96 Å². The molecule has 0 spiro atoms. The van der Waals surface area contributed by atoms with Gasteiger partial charge in [-0.15, -0.1) is 0 Å². The topological polar surface area (TPSA) is 75.2 Å².